The first kappa shape index (κ1) is 19.6. The number of carbonyl (C=O) groups is 1. The summed E-state index contributed by atoms with van der Waals surface area (Å²) in [6, 6.07) is 14.1. The maximum absolute atomic E-state index is 12.4. The zero-order valence-corrected chi connectivity index (χ0v) is 16.4. The Morgan fingerprint density at radius 2 is 2.11 bits per heavy atom. The third-order valence-corrected chi connectivity index (χ3v) is 4.74. The molecule has 0 saturated carbocycles. The highest BCUT2D eigenvalue weighted by molar-refractivity contribution is 9.10. The van der Waals surface area contributed by atoms with Gasteiger partial charge in [0.2, 0.25) is 0 Å². The van der Waals surface area contributed by atoms with Crippen molar-refractivity contribution in [3.63, 3.8) is 0 Å². The van der Waals surface area contributed by atoms with Crippen LogP contribution in [0.15, 0.2) is 62.5 Å². The molecular formula is C19H16BrN3O5. The number of ether oxygens (including phenoxy) is 1. The van der Waals surface area contributed by atoms with Crippen LogP contribution in [0.4, 0.5) is 5.88 Å². The molecule has 9 heteroatoms. The number of hydrogen-bond donors (Lipinski definition) is 1. The number of fused-ring (bicyclic) bond motifs is 1. The van der Waals surface area contributed by atoms with Gasteiger partial charge in [-0.15, -0.1) is 0 Å². The van der Waals surface area contributed by atoms with Gasteiger partial charge in [-0.2, -0.15) is 5.10 Å². The summed E-state index contributed by atoms with van der Waals surface area (Å²) in [5.41, 5.74) is 2.36. The van der Waals surface area contributed by atoms with Gasteiger partial charge >= 0.3 is 5.88 Å². The van der Waals surface area contributed by atoms with Crippen LogP contribution in [0.1, 0.15) is 19.1 Å². The molecule has 1 atom stereocenters. The van der Waals surface area contributed by atoms with E-state index in [1.54, 1.807) is 6.07 Å². The predicted molar refractivity (Wildman–Crippen MR) is 107 cm³/mol. The standard InChI is InChI=1S/C19H16BrN3O5/c1-2-15(19(24)22-21-11-13-8-10-17(27-13)23(25)26)28-16-9-7-12-5-3-4-6-14(12)18(16)20/h3-11,15H,2H2,1H3,(H,22,24). The smallest absolute Gasteiger partial charge is 0.433 e. The molecule has 3 aromatic rings. The second-order valence-corrected chi connectivity index (χ2v) is 6.57. The molecule has 0 aliphatic carbocycles. The van der Waals surface area contributed by atoms with Crippen molar-refractivity contribution in [1.29, 1.82) is 0 Å². The highest BCUT2D eigenvalue weighted by atomic mass is 79.9. The number of nitro groups is 1. The first-order valence-electron chi connectivity index (χ1n) is 8.40. The normalized spacial score (nSPS) is 12.2. The van der Waals surface area contributed by atoms with E-state index in [2.05, 4.69) is 26.5 Å². The van der Waals surface area contributed by atoms with Gasteiger partial charge in [0, 0.05) is 0 Å². The third kappa shape index (κ3) is 4.37. The number of hydrazone groups is 1. The molecule has 2 aromatic carbocycles. The molecule has 28 heavy (non-hydrogen) atoms. The van der Waals surface area contributed by atoms with E-state index < -0.39 is 22.8 Å². The summed E-state index contributed by atoms with van der Waals surface area (Å²) in [4.78, 5) is 22.3. The van der Waals surface area contributed by atoms with Gasteiger partial charge in [-0.1, -0.05) is 37.3 Å². The minimum absolute atomic E-state index is 0.151. The number of rotatable bonds is 7. The topological polar surface area (TPSA) is 107 Å². The molecule has 0 fully saturated rings. The molecule has 0 bridgehead atoms. The van der Waals surface area contributed by atoms with Crippen LogP contribution in [0.5, 0.6) is 5.75 Å². The van der Waals surface area contributed by atoms with E-state index >= 15 is 0 Å². The lowest BCUT2D eigenvalue weighted by Crippen LogP contribution is -2.35. The molecule has 0 radical (unpaired) electrons. The summed E-state index contributed by atoms with van der Waals surface area (Å²) in [6.07, 6.45) is 0.844. The summed E-state index contributed by atoms with van der Waals surface area (Å²) in [6.45, 7) is 1.82. The van der Waals surface area contributed by atoms with Gasteiger partial charge in [0.25, 0.3) is 5.91 Å². The Balaban J connectivity index is 1.67. The fourth-order valence-electron chi connectivity index (χ4n) is 2.52. The van der Waals surface area contributed by atoms with Crippen LogP contribution in [0.2, 0.25) is 0 Å². The Hall–Kier alpha value is -3.20. The Morgan fingerprint density at radius 1 is 1.32 bits per heavy atom. The Kier molecular flexibility index (Phi) is 6.05. The summed E-state index contributed by atoms with van der Waals surface area (Å²) >= 11 is 3.53. The second kappa shape index (κ2) is 8.66. The number of nitrogens with one attached hydrogen (secondary N) is 1. The molecule has 144 valence electrons. The molecule has 1 unspecified atom stereocenters. The summed E-state index contributed by atoms with van der Waals surface area (Å²) < 4.78 is 11.6. The van der Waals surface area contributed by atoms with E-state index in [1.165, 1.54) is 18.3 Å². The summed E-state index contributed by atoms with van der Waals surface area (Å²) in [7, 11) is 0. The number of furan rings is 1. The van der Waals surface area contributed by atoms with E-state index in [-0.39, 0.29) is 5.76 Å². The van der Waals surface area contributed by atoms with E-state index in [9.17, 15) is 14.9 Å². The Bertz CT molecular complexity index is 1050. The monoisotopic (exact) mass is 445 g/mol. The molecule has 1 heterocycles. The quantitative estimate of drug-likeness (QED) is 0.329. The SMILES string of the molecule is CCC(Oc1ccc2ccccc2c1Br)C(=O)NN=Cc1ccc([N+](=O)[O-])o1. The molecule has 0 aliphatic heterocycles. The molecule has 1 amide bonds. The van der Waals surface area contributed by atoms with Crippen LogP contribution in [0, 0.1) is 10.1 Å². The largest absolute Gasteiger partial charge is 0.479 e. The number of halogens is 1. The zero-order valence-electron chi connectivity index (χ0n) is 14.8. The first-order chi connectivity index (χ1) is 13.5. The van der Waals surface area contributed by atoms with Gasteiger partial charge in [-0.3, -0.25) is 14.9 Å². The van der Waals surface area contributed by atoms with Crippen molar-refractivity contribution < 1.29 is 18.9 Å². The van der Waals surface area contributed by atoms with Crippen molar-refractivity contribution in [2.75, 3.05) is 0 Å². The van der Waals surface area contributed by atoms with Gasteiger partial charge in [0.1, 0.15) is 10.7 Å². The second-order valence-electron chi connectivity index (χ2n) is 5.78. The number of amides is 1. The summed E-state index contributed by atoms with van der Waals surface area (Å²) in [5.74, 6) is -0.145. The van der Waals surface area contributed by atoms with Crippen molar-refractivity contribution >= 4 is 44.7 Å². The molecular weight excluding hydrogens is 430 g/mol. The number of hydrogen-bond acceptors (Lipinski definition) is 6. The first-order valence-corrected chi connectivity index (χ1v) is 9.20. The molecule has 0 aliphatic rings. The van der Waals surface area contributed by atoms with Gasteiger partial charge < -0.3 is 9.15 Å². The number of nitrogens with zero attached hydrogens (tertiary/aromatic N) is 2. The van der Waals surface area contributed by atoms with E-state index in [4.69, 9.17) is 9.15 Å². The third-order valence-electron chi connectivity index (χ3n) is 3.92. The minimum atomic E-state index is -0.763. The van der Waals surface area contributed by atoms with Gasteiger partial charge in [-0.25, -0.2) is 5.43 Å². The van der Waals surface area contributed by atoms with Crippen molar-refractivity contribution in [3.8, 4) is 5.75 Å². The molecule has 0 spiro atoms. The van der Waals surface area contributed by atoms with E-state index in [0.717, 1.165) is 15.2 Å². The average molecular weight is 446 g/mol. The number of carbonyl (C=O) groups excluding carboxylic acids is 1. The van der Waals surface area contributed by atoms with Crippen molar-refractivity contribution in [2.45, 2.75) is 19.4 Å². The van der Waals surface area contributed by atoms with Gasteiger partial charge in [-0.05, 0) is 45.3 Å². The molecule has 8 nitrogen and oxygen atoms in total. The van der Waals surface area contributed by atoms with Gasteiger partial charge in [0.15, 0.2) is 11.9 Å². The van der Waals surface area contributed by atoms with E-state index in [0.29, 0.717) is 12.2 Å². The van der Waals surface area contributed by atoms with Crippen molar-refractivity contribution in [3.05, 3.63) is 68.9 Å². The zero-order chi connectivity index (χ0) is 20.1. The lowest BCUT2D eigenvalue weighted by atomic mass is 10.1. The van der Waals surface area contributed by atoms with Crippen LogP contribution < -0.4 is 10.2 Å². The molecule has 1 N–H and O–H groups in total. The lowest BCUT2D eigenvalue weighted by Gasteiger charge is -2.17. The fraction of sp³-hybridized carbons (Fsp3) is 0.158. The van der Waals surface area contributed by atoms with Crippen molar-refractivity contribution in [2.24, 2.45) is 5.10 Å². The van der Waals surface area contributed by atoms with Crippen LogP contribution >= 0.6 is 15.9 Å². The molecule has 3 rings (SSSR count). The number of benzene rings is 2. The van der Waals surface area contributed by atoms with Crippen LogP contribution in [-0.2, 0) is 4.79 Å². The minimum Gasteiger partial charge on any atom is -0.479 e. The van der Waals surface area contributed by atoms with Crippen molar-refractivity contribution in [1.82, 2.24) is 5.43 Å². The van der Waals surface area contributed by atoms with Crippen LogP contribution in [0.3, 0.4) is 0 Å². The highest BCUT2D eigenvalue weighted by Gasteiger charge is 2.20. The Labute approximate surface area is 168 Å². The predicted octanol–water partition coefficient (Wildman–Crippen LogP) is 4.41. The van der Waals surface area contributed by atoms with Crippen LogP contribution in [0.25, 0.3) is 10.8 Å². The fourth-order valence-corrected chi connectivity index (χ4v) is 3.11. The van der Waals surface area contributed by atoms with Gasteiger partial charge in [0.05, 0.1) is 16.8 Å². The lowest BCUT2D eigenvalue weighted by molar-refractivity contribution is -0.402. The molecule has 0 saturated heterocycles. The Morgan fingerprint density at radius 3 is 2.82 bits per heavy atom. The summed E-state index contributed by atoms with van der Waals surface area (Å²) in [5, 5.41) is 16.4. The maximum Gasteiger partial charge on any atom is 0.433 e. The van der Waals surface area contributed by atoms with Crippen LogP contribution in [-0.4, -0.2) is 23.1 Å². The maximum atomic E-state index is 12.4. The average Bonchev–Trinajstić information content (AvgIpc) is 3.17. The highest BCUT2D eigenvalue weighted by Crippen LogP contribution is 2.33. The van der Waals surface area contributed by atoms with E-state index in [1.807, 2.05) is 37.3 Å². The molecule has 1 aromatic heterocycles.